The van der Waals surface area contributed by atoms with E-state index in [9.17, 15) is 15.0 Å². The number of aromatic hydroxyl groups is 2. The van der Waals surface area contributed by atoms with E-state index in [1.165, 1.54) is 12.1 Å². The van der Waals surface area contributed by atoms with Crippen LogP contribution in [0, 0.1) is 13.8 Å². The lowest BCUT2D eigenvalue weighted by molar-refractivity contribution is 0.104. The number of unbranched alkanes of at least 4 members (excludes halogenated alkanes) is 1. The Morgan fingerprint density at radius 2 is 1.94 bits per heavy atom. The molecule has 1 aromatic rings. The summed E-state index contributed by atoms with van der Waals surface area (Å²) >= 11 is 0. The van der Waals surface area contributed by atoms with E-state index in [-0.39, 0.29) is 22.8 Å². The van der Waals surface area contributed by atoms with Crippen LogP contribution in [0.25, 0.3) is 0 Å². The van der Waals surface area contributed by atoms with Gasteiger partial charge in [0, 0.05) is 5.56 Å². The molecular formula is C14H18O3. The van der Waals surface area contributed by atoms with Crippen molar-refractivity contribution in [1.82, 2.24) is 0 Å². The number of carbonyl (C=O) groups excluding carboxylic acids is 1. The van der Waals surface area contributed by atoms with E-state index < -0.39 is 0 Å². The molecule has 0 saturated carbocycles. The lowest BCUT2D eigenvalue weighted by Gasteiger charge is -2.09. The summed E-state index contributed by atoms with van der Waals surface area (Å²) in [6.07, 6.45) is 5.07. The SMILES string of the molecule is CCC/C=C/C(=O)c1cc(C)c(O)c(C)c1O. The third-order valence-electron chi connectivity index (χ3n) is 2.69. The summed E-state index contributed by atoms with van der Waals surface area (Å²) in [5.74, 6) is -0.335. The Labute approximate surface area is 101 Å². The fourth-order valence-corrected chi connectivity index (χ4v) is 1.60. The topological polar surface area (TPSA) is 57.5 Å². The van der Waals surface area contributed by atoms with Crippen LogP contribution >= 0.6 is 0 Å². The van der Waals surface area contributed by atoms with Crippen molar-refractivity contribution in [3.05, 3.63) is 34.9 Å². The second kappa shape index (κ2) is 5.53. The first kappa shape index (κ1) is 13.3. The van der Waals surface area contributed by atoms with Crippen molar-refractivity contribution in [1.29, 1.82) is 0 Å². The third kappa shape index (κ3) is 2.87. The zero-order valence-corrected chi connectivity index (χ0v) is 10.4. The van der Waals surface area contributed by atoms with Crippen molar-refractivity contribution in [2.24, 2.45) is 0 Å². The number of rotatable bonds is 4. The molecule has 0 heterocycles. The van der Waals surface area contributed by atoms with Gasteiger partial charge >= 0.3 is 0 Å². The molecule has 0 atom stereocenters. The summed E-state index contributed by atoms with van der Waals surface area (Å²) in [6, 6.07) is 1.51. The van der Waals surface area contributed by atoms with E-state index in [0.29, 0.717) is 11.1 Å². The lowest BCUT2D eigenvalue weighted by atomic mass is 10.0. The molecule has 3 heteroatoms. The summed E-state index contributed by atoms with van der Waals surface area (Å²) in [5, 5.41) is 19.4. The molecule has 0 aromatic heterocycles. The highest BCUT2D eigenvalue weighted by Gasteiger charge is 2.15. The number of aryl methyl sites for hydroxylation is 1. The number of phenols is 2. The van der Waals surface area contributed by atoms with E-state index in [2.05, 4.69) is 0 Å². The molecule has 0 bridgehead atoms. The number of allylic oxidation sites excluding steroid dienone is 2. The maximum Gasteiger partial charge on any atom is 0.189 e. The highest BCUT2D eigenvalue weighted by atomic mass is 16.3. The summed E-state index contributed by atoms with van der Waals surface area (Å²) in [7, 11) is 0. The molecule has 1 rings (SSSR count). The Hall–Kier alpha value is -1.77. The predicted octanol–water partition coefficient (Wildman–Crippen LogP) is 3.25. The van der Waals surface area contributed by atoms with E-state index >= 15 is 0 Å². The highest BCUT2D eigenvalue weighted by molar-refractivity contribution is 6.07. The summed E-state index contributed by atoms with van der Waals surface area (Å²) < 4.78 is 0. The van der Waals surface area contributed by atoms with Gasteiger partial charge in [0.15, 0.2) is 5.78 Å². The molecule has 0 aliphatic heterocycles. The number of phenolic OH excluding ortho intramolecular Hbond substituents is 2. The Morgan fingerprint density at radius 1 is 1.29 bits per heavy atom. The molecule has 0 unspecified atom stereocenters. The molecule has 0 radical (unpaired) electrons. The van der Waals surface area contributed by atoms with E-state index in [1.54, 1.807) is 19.9 Å². The van der Waals surface area contributed by atoms with Gasteiger partial charge < -0.3 is 10.2 Å². The summed E-state index contributed by atoms with van der Waals surface area (Å²) in [6.45, 7) is 5.32. The molecule has 2 N–H and O–H groups in total. The van der Waals surface area contributed by atoms with Crippen molar-refractivity contribution in [2.45, 2.75) is 33.6 Å². The van der Waals surface area contributed by atoms with Crippen molar-refractivity contribution < 1.29 is 15.0 Å². The molecule has 0 aliphatic carbocycles. The molecule has 1 aromatic carbocycles. The number of hydrogen-bond acceptors (Lipinski definition) is 3. The summed E-state index contributed by atoms with van der Waals surface area (Å²) in [5.41, 5.74) is 1.18. The molecule has 0 aliphatic rings. The van der Waals surface area contributed by atoms with Crippen LogP contribution in [0.4, 0.5) is 0 Å². The van der Waals surface area contributed by atoms with Gasteiger partial charge in [-0.3, -0.25) is 4.79 Å². The maximum atomic E-state index is 11.8. The fourth-order valence-electron chi connectivity index (χ4n) is 1.60. The molecule has 0 fully saturated rings. The zero-order chi connectivity index (χ0) is 13.0. The molecule has 3 nitrogen and oxygen atoms in total. The van der Waals surface area contributed by atoms with Crippen molar-refractivity contribution in [3.63, 3.8) is 0 Å². The van der Waals surface area contributed by atoms with Crippen LogP contribution in [0.5, 0.6) is 11.5 Å². The molecular weight excluding hydrogens is 216 g/mol. The Kier molecular flexibility index (Phi) is 4.32. The van der Waals surface area contributed by atoms with Gasteiger partial charge in [-0.2, -0.15) is 0 Å². The van der Waals surface area contributed by atoms with Gasteiger partial charge in [0.25, 0.3) is 0 Å². The summed E-state index contributed by atoms with van der Waals surface area (Å²) in [4.78, 5) is 11.8. The molecule has 17 heavy (non-hydrogen) atoms. The van der Waals surface area contributed by atoms with Crippen LogP contribution in [-0.2, 0) is 0 Å². The minimum absolute atomic E-state index is 0.0385. The number of carbonyl (C=O) groups is 1. The van der Waals surface area contributed by atoms with Crippen molar-refractivity contribution >= 4 is 5.78 Å². The molecule has 0 saturated heterocycles. The van der Waals surface area contributed by atoms with Crippen molar-refractivity contribution in [3.8, 4) is 11.5 Å². The third-order valence-corrected chi connectivity index (χ3v) is 2.69. The first-order valence-electron chi connectivity index (χ1n) is 5.72. The van der Waals surface area contributed by atoms with Gasteiger partial charge in [0.05, 0.1) is 5.56 Å². The minimum Gasteiger partial charge on any atom is -0.507 e. The van der Waals surface area contributed by atoms with Gasteiger partial charge in [-0.05, 0) is 38.0 Å². The van der Waals surface area contributed by atoms with Gasteiger partial charge in [-0.25, -0.2) is 0 Å². The van der Waals surface area contributed by atoms with Crippen LogP contribution in [0.2, 0.25) is 0 Å². The van der Waals surface area contributed by atoms with Gasteiger partial charge in [-0.15, -0.1) is 0 Å². The fraction of sp³-hybridized carbons (Fsp3) is 0.357. The number of ketones is 1. The van der Waals surface area contributed by atoms with Gasteiger partial charge in [0.1, 0.15) is 11.5 Å². The van der Waals surface area contributed by atoms with E-state index in [0.717, 1.165) is 12.8 Å². The van der Waals surface area contributed by atoms with Crippen LogP contribution < -0.4 is 0 Å². The van der Waals surface area contributed by atoms with Crippen LogP contribution in [0.15, 0.2) is 18.2 Å². The largest absolute Gasteiger partial charge is 0.507 e. The molecule has 0 spiro atoms. The average Bonchev–Trinajstić information content (AvgIpc) is 2.31. The Morgan fingerprint density at radius 3 is 2.53 bits per heavy atom. The molecule has 92 valence electrons. The van der Waals surface area contributed by atoms with Crippen LogP contribution in [0.3, 0.4) is 0 Å². The van der Waals surface area contributed by atoms with E-state index in [4.69, 9.17) is 0 Å². The van der Waals surface area contributed by atoms with Crippen LogP contribution in [-0.4, -0.2) is 16.0 Å². The first-order chi connectivity index (χ1) is 7.99. The molecule has 0 amide bonds. The van der Waals surface area contributed by atoms with Crippen LogP contribution in [0.1, 0.15) is 41.3 Å². The quantitative estimate of drug-likeness (QED) is 0.621. The normalized spacial score (nSPS) is 11.0. The first-order valence-corrected chi connectivity index (χ1v) is 5.72. The average molecular weight is 234 g/mol. The van der Waals surface area contributed by atoms with Gasteiger partial charge in [0.2, 0.25) is 0 Å². The minimum atomic E-state index is -0.234. The Balaban J connectivity index is 3.11. The lowest BCUT2D eigenvalue weighted by Crippen LogP contribution is -1.98. The number of benzene rings is 1. The maximum absolute atomic E-state index is 11.8. The standard InChI is InChI=1S/C14H18O3/c1-4-5-6-7-12(15)11-8-9(2)13(16)10(3)14(11)17/h6-8,16-17H,4-5H2,1-3H3/b7-6+. The monoisotopic (exact) mass is 234 g/mol. The predicted molar refractivity (Wildman–Crippen MR) is 67.6 cm³/mol. The Bertz CT molecular complexity index is 459. The second-order valence-electron chi connectivity index (χ2n) is 4.12. The van der Waals surface area contributed by atoms with Gasteiger partial charge in [-0.1, -0.05) is 19.4 Å². The zero-order valence-electron chi connectivity index (χ0n) is 10.4. The number of hydrogen-bond donors (Lipinski definition) is 2. The second-order valence-corrected chi connectivity index (χ2v) is 4.12. The van der Waals surface area contributed by atoms with Crippen molar-refractivity contribution in [2.75, 3.05) is 0 Å². The van der Waals surface area contributed by atoms with E-state index in [1.807, 2.05) is 6.92 Å². The highest BCUT2D eigenvalue weighted by Crippen LogP contribution is 2.33. The smallest absolute Gasteiger partial charge is 0.189 e.